The second-order valence-corrected chi connectivity index (χ2v) is 4.77. The predicted octanol–water partition coefficient (Wildman–Crippen LogP) is 1.29. The molecule has 2 amide bonds. The fourth-order valence-corrected chi connectivity index (χ4v) is 2.55. The molecule has 1 fully saturated rings. The summed E-state index contributed by atoms with van der Waals surface area (Å²) in [5.74, 6) is -0.333. The molecule has 2 rings (SSSR count). The number of hydrogen-bond donors (Lipinski definition) is 2. The maximum absolute atomic E-state index is 11.5. The molecule has 1 aromatic carbocycles. The Hall–Kier alpha value is -1.49. The Bertz CT molecular complexity index is 433. The first-order valence-electron chi connectivity index (χ1n) is 4.95. The van der Waals surface area contributed by atoms with E-state index >= 15 is 0 Å². The molecule has 1 aliphatic heterocycles. The first-order chi connectivity index (χ1) is 7.66. The Morgan fingerprint density at radius 2 is 2.06 bits per heavy atom. The summed E-state index contributed by atoms with van der Waals surface area (Å²) in [6.45, 7) is 0. The van der Waals surface area contributed by atoms with Crippen molar-refractivity contribution in [2.75, 3.05) is 0 Å². The van der Waals surface area contributed by atoms with Crippen molar-refractivity contribution in [2.45, 2.75) is 23.0 Å². The molecule has 1 aromatic rings. The summed E-state index contributed by atoms with van der Waals surface area (Å²) < 4.78 is 0. The zero-order valence-electron chi connectivity index (χ0n) is 8.47. The van der Waals surface area contributed by atoms with Gasteiger partial charge in [0.1, 0.15) is 5.75 Å². The first kappa shape index (κ1) is 11.0. The van der Waals surface area contributed by atoms with Gasteiger partial charge >= 0.3 is 0 Å². The van der Waals surface area contributed by atoms with E-state index in [1.54, 1.807) is 24.3 Å². The molecular formula is C11H11NO3S. The Balaban J connectivity index is 2.08. The standard InChI is InChI=1S/C11H11NO3S/c13-7-3-1-2-4-8(7)16-9-5-6-10(14)12-11(9)15/h1-4,9,13H,5-6H2,(H,12,14,15). The molecular weight excluding hydrogens is 226 g/mol. The van der Waals surface area contributed by atoms with E-state index in [0.717, 1.165) is 0 Å². The van der Waals surface area contributed by atoms with Crippen molar-refractivity contribution in [2.24, 2.45) is 0 Å². The van der Waals surface area contributed by atoms with Crippen molar-refractivity contribution in [1.82, 2.24) is 5.32 Å². The van der Waals surface area contributed by atoms with Crippen LogP contribution in [-0.2, 0) is 9.59 Å². The van der Waals surface area contributed by atoms with E-state index in [2.05, 4.69) is 5.32 Å². The topological polar surface area (TPSA) is 66.4 Å². The van der Waals surface area contributed by atoms with Crippen LogP contribution in [0.4, 0.5) is 0 Å². The summed E-state index contributed by atoms with van der Waals surface area (Å²) in [6, 6.07) is 6.86. The van der Waals surface area contributed by atoms with Gasteiger partial charge < -0.3 is 5.11 Å². The van der Waals surface area contributed by atoms with Crippen LogP contribution in [0.15, 0.2) is 29.2 Å². The quantitative estimate of drug-likeness (QED) is 0.761. The van der Waals surface area contributed by atoms with Crippen LogP contribution in [0.1, 0.15) is 12.8 Å². The molecule has 0 radical (unpaired) electrons. The molecule has 1 unspecified atom stereocenters. The summed E-state index contributed by atoms with van der Waals surface area (Å²) in [5.41, 5.74) is 0. The molecule has 0 aliphatic carbocycles. The smallest absolute Gasteiger partial charge is 0.240 e. The summed E-state index contributed by atoms with van der Waals surface area (Å²) in [5, 5.41) is 11.5. The van der Waals surface area contributed by atoms with Gasteiger partial charge in [-0.2, -0.15) is 0 Å². The van der Waals surface area contributed by atoms with E-state index in [0.29, 0.717) is 17.7 Å². The van der Waals surface area contributed by atoms with Gasteiger partial charge in [0.2, 0.25) is 11.8 Å². The molecule has 16 heavy (non-hydrogen) atoms. The number of thioether (sulfide) groups is 1. The second kappa shape index (κ2) is 4.57. The summed E-state index contributed by atoms with van der Waals surface area (Å²) in [7, 11) is 0. The number of benzene rings is 1. The molecule has 4 nitrogen and oxygen atoms in total. The maximum Gasteiger partial charge on any atom is 0.240 e. The number of phenols is 1. The zero-order chi connectivity index (χ0) is 11.5. The minimum atomic E-state index is -0.300. The van der Waals surface area contributed by atoms with Crippen molar-refractivity contribution >= 4 is 23.6 Å². The van der Waals surface area contributed by atoms with Crippen LogP contribution in [0, 0.1) is 0 Å². The minimum Gasteiger partial charge on any atom is -0.507 e. The fraction of sp³-hybridized carbons (Fsp3) is 0.273. The van der Waals surface area contributed by atoms with Crippen molar-refractivity contribution in [3.05, 3.63) is 24.3 Å². The highest BCUT2D eigenvalue weighted by Gasteiger charge is 2.27. The summed E-state index contributed by atoms with van der Waals surface area (Å²) >= 11 is 1.29. The van der Waals surface area contributed by atoms with Crippen LogP contribution in [-0.4, -0.2) is 22.2 Å². The van der Waals surface area contributed by atoms with Gasteiger partial charge in [-0.15, -0.1) is 11.8 Å². The number of imide groups is 1. The molecule has 0 saturated carbocycles. The fourth-order valence-electron chi connectivity index (χ4n) is 1.50. The van der Waals surface area contributed by atoms with E-state index in [1.165, 1.54) is 11.8 Å². The number of hydrogen-bond acceptors (Lipinski definition) is 4. The number of piperidine rings is 1. The molecule has 1 aliphatic rings. The summed E-state index contributed by atoms with van der Waals surface area (Å²) in [6.07, 6.45) is 0.876. The molecule has 0 aromatic heterocycles. The van der Waals surface area contributed by atoms with Crippen LogP contribution in [0.5, 0.6) is 5.75 Å². The predicted molar refractivity (Wildman–Crippen MR) is 60.1 cm³/mol. The van der Waals surface area contributed by atoms with Crippen LogP contribution in [0.3, 0.4) is 0 Å². The number of amides is 2. The highest BCUT2D eigenvalue weighted by molar-refractivity contribution is 8.00. The molecule has 84 valence electrons. The number of carbonyl (C=O) groups excluding carboxylic acids is 2. The second-order valence-electron chi connectivity index (χ2n) is 3.53. The van der Waals surface area contributed by atoms with E-state index in [1.807, 2.05) is 0 Å². The van der Waals surface area contributed by atoms with Gasteiger partial charge in [0.05, 0.1) is 5.25 Å². The van der Waals surface area contributed by atoms with E-state index < -0.39 is 0 Å². The van der Waals surface area contributed by atoms with Gasteiger partial charge in [-0.1, -0.05) is 12.1 Å². The van der Waals surface area contributed by atoms with Crippen LogP contribution >= 0.6 is 11.8 Å². The van der Waals surface area contributed by atoms with Crippen molar-refractivity contribution < 1.29 is 14.7 Å². The largest absolute Gasteiger partial charge is 0.507 e. The van der Waals surface area contributed by atoms with Gasteiger partial charge in [0.15, 0.2) is 0 Å². The van der Waals surface area contributed by atoms with Crippen LogP contribution in [0.25, 0.3) is 0 Å². The van der Waals surface area contributed by atoms with Crippen LogP contribution in [0.2, 0.25) is 0 Å². The van der Waals surface area contributed by atoms with Crippen molar-refractivity contribution in [3.8, 4) is 5.75 Å². The molecule has 5 heteroatoms. The number of phenolic OH excluding ortho intramolecular Hbond substituents is 1. The molecule has 0 spiro atoms. The third-order valence-corrected chi connectivity index (χ3v) is 3.66. The van der Waals surface area contributed by atoms with Gasteiger partial charge in [0, 0.05) is 11.3 Å². The van der Waals surface area contributed by atoms with Gasteiger partial charge in [-0.05, 0) is 18.6 Å². The average Bonchev–Trinajstić information content (AvgIpc) is 2.25. The van der Waals surface area contributed by atoms with Gasteiger partial charge in [0.25, 0.3) is 0 Å². The normalized spacial score (nSPS) is 20.6. The highest BCUT2D eigenvalue weighted by Crippen LogP contribution is 2.33. The average molecular weight is 237 g/mol. The SMILES string of the molecule is O=C1CCC(Sc2ccccc2O)C(=O)N1. The lowest BCUT2D eigenvalue weighted by Gasteiger charge is -2.20. The van der Waals surface area contributed by atoms with Crippen LogP contribution < -0.4 is 5.32 Å². The highest BCUT2D eigenvalue weighted by atomic mass is 32.2. The minimum absolute atomic E-state index is 0.164. The lowest BCUT2D eigenvalue weighted by molar-refractivity contribution is -0.132. The number of aromatic hydroxyl groups is 1. The Labute approximate surface area is 97.0 Å². The Kier molecular flexibility index (Phi) is 3.14. The monoisotopic (exact) mass is 237 g/mol. The molecule has 0 bridgehead atoms. The molecule has 2 N–H and O–H groups in total. The Morgan fingerprint density at radius 1 is 1.31 bits per heavy atom. The lowest BCUT2D eigenvalue weighted by atomic mass is 10.1. The number of nitrogens with one attached hydrogen (secondary N) is 1. The molecule has 1 atom stereocenters. The first-order valence-corrected chi connectivity index (χ1v) is 5.83. The Morgan fingerprint density at radius 3 is 2.75 bits per heavy atom. The lowest BCUT2D eigenvalue weighted by Crippen LogP contribution is -2.42. The number of para-hydroxylation sites is 1. The number of carbonyl (C=O) groups is 2. The van der Waals surface area contributed by atoms with E-state index in [9.17, 15) is 14.7 Å². The maximum atomic E-state index is 11.5. The van der Waals surface area contributed by atoms with Crippen molar-refractivity contribution in [3.63, 3.8) is 0 Å². The van der Waals surface area contributed by atoms with Gasteiger partial charge in [-0.3, -0.25) is 14.9 Å². The van der Waals surface area contributed by atoms with Crippen molar-refractivity contribution in [1.29, 1.82) is 0 Å². The summed E-state index contributed by atoms with van der Waals surface area (Å²) in [4.78, 5) is 23.1. The van der Waals surface area contributed by atoms with E-state index in [4.69, 9.17) is 0 Å². The third-order valence-electron chi connectivity index (χ3n) is 2.32. The molecule has 1 saturated heterocycles. The van der Waals surface area contributed by atoms with Gasteiger partial charge in [-0.25, -0.2) is 0 Å². The third kappa shape index (κ3) is 2.36. The molecule has 1 heterocycles. The van der Waals surface area contributed by atoms with E-state index in [-0.39, 0.29) is 22.8 Å². The zero-order valence-corrected chi connectivity index (χ0v) is 9.29. The number of rotatable bonds is 2.